The molecule has 2 amide bonds. The molecule has 2 heterocycles. The predicted molar refractivity (Wildman–Crippen MR) is 195 cm³/mol. The van der Waals surface area contributed by atoms with Gasteiger partial charge in [0, 0.05) is 25.5 Å². The summed E-state index contributed by atoms with van der Waals surface area (Å²) < 4.78 is 17.5. The van der Waals surface area contributed by atoms with Crippen LogP contribution in [0, 0.1) is 0 Å². The highest BCUT2D eigenvalue weighted by atomic mass is 16.5. The molecule has 50 heavy (non-hydrogen) atoms. The van der Waals surface area contributed by atoms with Crippen LogP contribution >= 0.6 is 0 Å². The van der Waals surface area contributed by atoms with Gasteiger partial charge >= 0.3 is 6.09 Å². The maximum Gasteiger partial charge on any atom is 0.420 e. The number of aryl methyl sites for hydroxylation is 1. The highest BCUT2D eigenvalue weighted by molar-refractivity contribution is 6.14. The van der Waals surface area contributed by atoms with E-state index in [9.17, 15) is 9.59 Å². The van der Waals surface area contributed by atoms with Crippen molar-refractivity contribution < 1.29 is 23.8 Å². The number of nitrogens with two attached hydrogens (primary N) is 1. The molecule has 0 spiro atoms. The lowest BCUT2D eigenvalue weighted by atomic mass is 9.99. The first-order valence-corrected chi connectivity index (χ1v) is 16.9. The molecule has 3 atom stereocenters. The fraction of sp³-hybridized carbons (Fsp3) is 0.244. The van der Waals surface area contributed by atoms with E-state index in [2.05, 4.69) is 10.3 Å². The van der Waals surface area contributed by atoms with Crippen LogP contribution in [0.4, 0.5) is 10.5 Å². The molecule has 1 saturated heterocycles. The zero-order chi connectivity index (χ0) is 34.7. The van der Waals surface area contributed by atoms with Gasteiger partial charge in [0.05, 0.1) is 24.9 Å². The Morgan fingerprint density at radius 3 is 2.16 bits per heavy atom. The summed E-state index contributed by atoms with van der Waals surface area (Å²) in [5.74, 6) is 0.246. The molecular formula is C41H42N4O5. The lowest BCUT2D eigenvalue weighted by molar-refractivity contribution is -0.119. The second kappa shape index (κ2) is 16.8. The van der Waals surface area contributed by atoms with E-state index in [1.165, 1.54) is 7.11 Å². The number of amides is 2. The molecule has 9 heteroatoms. The van der Waals surface area contributed by atoms with Crippen molar-refractivity contribution in [1.29, 1.82) is 0 Å². The summed E-state index contributed by atoms with van der Waals surface area (Å²) in [4.78, 5) is 32.0. The van der Waals surface area contributed by atoms with Crippen molar-refractivity contribution in [3.63, 3.8) is 0 Å². The van der Waals surface area contributed by atoms with Crippen molar-refractivity contribution >= 4 is 17.7 Å². The summed E-state index contributed by atoms with van der Waals surface area (Å²) >= 11 is 0. The highest BCUT2D eigenvalue weighted by Gasteiger charge is 2.31. The summed E-state index contributed by atoms with van der Waals surface area (Å²) in [6.45, 7) is 1.78. The molecule has 0 unspecified atom stereocenters. The second-order valence-electron chi connectivity index (χ2n) is 12.3. The number of hydrogen-bond acceptors (Lipinski definition) is 8. The van der Waals surface area contributed by atoms with E-state index >= 15 is 0 Å². The zero-order valence-corrected chi connectivity index (χ0v) is 28.1. The predicted octanol–water partition coefficient (Wildman–Crippen LogP) is 6.45. The number of carbonyl (C=O) groups is 2. The Kier molecular flexibility index (Phi) is 11.6. The molecule has 0 aliphatic carbocycles. The van der Waals surface area contributed by atoms with Gasteiger partial charge in [0.15, 0.2) is 0 Å². The number of hydrogen-bond donors (Lipinski definition) is 2. The van der Waals surface area contributed by atoms with Crippen LogP contribution in [0.3, 0.4) is 0 Å². The van der Waals surface area contributed by atoms with Crippen molar-refractivity contribution in [1.82, 2.24) is 10.3 Å². The summed E-state index contributed by atoms with van der Waals surface area (Å²) in [5.41, 5.74) is 13.0. The number of rotatable bonds is 12. The van der Waals surface area contributed by atoms with Crippen molar-refractivity contribution in [2.75, 3.05) is 31.7 Å². The van der Waals surface area contributed by atoms with Crippen LogP contribution in [0.2, 0.25) is 0 Å². The van der Waals surface area contributed by atoms with Gasteiger partial charge in [-0.1, -0.05) is 84.9 Å². The number of imide groups is 1. The van der Waals surface area contributed by atoms with Crippen LogP contribution in [0.5, 0.6) is 5.75 Å². The molecular weight excluding hydrogens is 628 g/mol. The van der Waals surface area contributed by atoms with Gasteiger partial charge in [-0.25, -0.2) is 9.69 Å². The monoisotopic (exact) mass is 670 g/mol. The van der Waals surface area contributed by atoms with Crippen LogP contribution in [0.25, 0.3) is 22.3 Å². The number of ether oxygens (including phenoxy) is 3. The normalized spacial score (nSPS) is 16.3. The Morgan fingerprint density at radius 2 is 1.44 bits per heavy atom. The Morgan fingerprint density at radius 1 is 0.820 bits per heavy atom. The SMILES string of the molecule is COC(=O)N(C(=O)[C@@H](N)Cc1ccc(-c2ccccc2)cc1)c1ccccc1CC[C@@H]1CNC[C@@H](COc2ccc(-c3ccncc3)cc2)O1. The molecule has 6 rings (SSSR count). The third kappa shape index (κ3) is 8.81. The second-order valence-corrected chi connectivity index (χ2v) is 12.3. The number of carbonyl (C=O) groups excluding carboxylic acids is 2. The summed E-state index contributed by atoms with van der Waals surface area (Å²) in [6.07, 6.45) is 4.08. The van der Waals surface area contributed by atoms with Crippen molar-refractivity contribution in [3.05, 3.63) is 139 Å². The molecule has 1 aliphatic heterocycles. The molecule has 9 nitrogen and oxygen atoms in total. The Hall–Kier alpha value is -5.35. The van der Waals surface area contributed by atoms with Gasteiger partial charge < -0.3 is 25.3 Å². The Labute approximate surface area is 293 Å². The molecule has 0 radical (unpaired) electrons. The van der Waals surface area contributed by atoms with E-state index in [4.69, 9.17) is 19.9 Å². The average Bonchev–Trinajstić information content (AvgIpc) is 3.18. The van der Waals surface area contributed by atoms with E-state index in [-0.39, 0.29) is 18.6 Å². The number of nitrogens with one attached hydrogen (secondary N) is 1. The highest BCUT2D eigenvalue weighted by Crippen LogP contribution is 2.27. The number of para-hydroxylation sites is 1. The van der Waals surface area contributed by atoms with Crippen molar-refractivity contribution in [2.45, 2.75) is 37.5 Å². The van der Waals surface area contributed by atoms with E-state index < -0.39 is 18.0 Å². The Balaban J connectivity index is 1.05. The fourth-order valence-electron chi connectivity index (χ4n) is 6.15. The van der Waals surface area contributed by atoms with Gasteiger partial charge in [-0.2, -0.15) is 0 Å². The van der Waals surface area contributed by atoms with Gasteiger partial charge in [0.2, 0.25) is 0 Å². The molecule has 0 saturated carbocycles. The van der Waals surface area contributed by atoms with Gasteiger partial charge in [-0.3, -0.25) is 9.78 Å². The lowest BCUT2D eigenvalue weighted by Crippen LogP contribution is -2.48. The molecule has 3 N–H and O–H groups in total. The average molecular weight is 671 g/mol. The number of nitrogens with zero attached hydrogens (tertiary/aromatic N) is 2. The quantitative estimate of drug-likeness (QED) is 0.156. The van der Waals surface area contributed by atoms with Gasteiger partial charge in [0.25, 0.3) is 5.91 Å². The van der Waals surface area contributed by atoms with Crippen molar-refractivity contribution in [2.24, 2.45) is 5.73 Å². The van der Waals surface area contributed by atoms with E-state index in [0.717, 1.165) is 44.0 Å². The van der Waals surface area contributed by atoms with Gasteiger partial charge in [-0.15, -0.1) is 0 Å². The summed E-state index contributed by atoms with van der Waals surface area (Å²) in [5, 5.41) is 3.46. The minimum atomic E-state index is -0.955. The minimum Gasteiger partial charge on any atom is -0.491 e. The molecule has 5 aromatic rings. The third-order valence-corrected chi connectivity index (χ3v) is 8.81. The first-order valence-electron chi connectivity index (χ1n) is 16.9. The zero-order valence-electron chi connectivity index (χ0n) is 28.1. The van der Waals surface area contributed by atoms with E-state index in [1.54, 1.807) is 24.5 Å². The number of morpholine rings is 1. The largest absolute Gasteiger partial charge is 0.491 e. The van der Waals surface area contributed by atoms with Gasteiger partial charge in [0.1, 0.15) is 18.5 Å². The molecule has 0 bridgehead atoms. The maximum absolute atomic E-state index is 13.8. The molecule has 1 fully saturated rings. The summed E-state index contributed by atoms with van der Waals surface area (Å²) in [7, 11) is 1.26. The first kappa shape index (κ1) is 34.5. The number of aromatic nitrogens is 1. The van der Waals surface area contributed by atoms with E-state index in [0.29, 0.717) is 38.2 Å². The molecule has 256 valence electrons. The number of methoxy groups -OCH3 is 1. The number of benzene rings is 4. The van der Waals surface area contributed by atoms with Crippen LogP contribution in [-0.4, -0.2) is 62.0 Å². The van der Waals surface area contributed by atoms with E-state index in [1.807, 2.05) is 103 Å². The Bertz CT molecular complexity index is 1840. The van der Waals surface area contributed by atoms with Crippen molar-refractivity contribution in [3.8, 4) is 28.0 Å². The minimum absolute atomic E-state index is 0.0807. The third-order valence-electron chi connectivity index (χ3n) is 8.81. The van der Waals surface area contributed by atoms with Gasteiger partial charge in [-0.05, 0) is 83.0 Å². The van der Waals surface area contributed by atoms with Crippen LogP contribution in [0.1, 0.15) is 17.5 Å². The van der Waals surface area contributed by atoms with Crippen LogP contribution in [0.15, 0.2) is 128 Å². The maximum atomic E-state index is 13.8. The molecule has 4 aromatic carbocycles. The van der Waals surface area contributed by atoms with Crippen LogP contribution < -0.4 is 20.7 Å². The summed E-state index contributed by atoms with van der Waals surface area (Å²) in [6, 6.07) is 36.3. The fourth-order valence-corrected chi connectivity index (χ4v) is 6.15. The smallest absolute Gasteiger partial charge is 0.420 e. The van der Waals surface area contributed by atoms with Crippen LogP contribution in [-0.2, 0) is 27.1 Å². The molecule has 1 aliphatic rings. The molecule has 1 aromatic heterocycles. The first-order chi connectivity index (χ1) is 24.5. The topological polar surface area (TPSA) is 116 Å². The lowest BCUT2D eigenvalue weighted by Gasteiger charge is -2.31. The number of pyridine rings is 1. The number of anilines is 1. The standard InChI is InChI=1S/C41H42N4O5/c1-48-41(47)45(40(46)38(42)25-29-11-13-31(14-12-29)30-7-3-2-4-8-30)39-10-6-5-9-34(39)17-20-36-26-44-27-37(50-36)28-49-35-18-15-32(16-19-35)33-21-23-43-24-22-33/h2-16,18-19,21-24,36-38,44H,17,20,25-28,42H2,1H3/t36-,37+,38+/m1/s1.